The van der Waals surface area contributed by atoms with Gasteiger partial charge in [-0.25, -0.2) is 15.0 Å². The fourth-order valence-electron chi connectivity index (χ4n) is 5.56. The first-order valence-corrected chi connectivity index (χ1v) is 14.0. The summed E-state index contributed by atoms with van der Waals surface area (Å²) in [5, 5.41) is 12.5. The summed E-state index contributed by atoms with van der Waals surface area (Å²) >= 11 is 0. The van der Waals surface area contributed by atoms with Crippen molar-refractivity contribution in [2.45, 2.75) is 38.9 Å². The lowest BCUT2D eigenvalue weighted by atomic mass is 9.97. The van der Waals surface area contributed by atoms with Crippen molar-refractivity contribution in [3.8, 4) is 28.5 Å². The second-order valence-electron chi connectivity index (χ2n) is 10.3. The number of piperidine rings is 1. The number of pyridine rings is 2. The van der Waals surface area contributed by atoms with E-state index < -0.39 is 0 Å². The minimum absolute atomic E-state index is 0.0140. The van der Waals surface area contributed by atoms with Gasteiger partial charge in [0.2, 0.25) is 5.82 Å². The predicted octanol–water partition coefficient (Wildman–Crippen LogP) is 5.49. The Morgan fingerprint density at radius 3 is 2.46 bits per heavy atom. The number of nitriles is 1. The minimum Gasteiger partial charge on any atom is -0.367 e. The molecule has 204 valence electrons. The molecule has 0 bridgehead atoms. The highest BCUT2D eigenvalue weighted by atomic mass is 16.1. The highest BCUT2D eigenvalue weighted by Gasteiger charge is 2.20. The summed E-state index contributed by atoms with van der Waals surface area (Å²) in [5.74, 6) is 0.896. The molecule has 1 N–H and O–H groups in total. The van der Waals surface area contributed by atoms with Crippen LogP contribution in [-0.4, -0.2) is 43.6 Å². The first-order chi connectivity index (χ1) is 20.1. The van der Waals surface area contributed by atoms with Crippen molar-refractivity contribution < 1.29 is 0 Å². The Morgan fingerprint density at radius 2 is 1.73 bits per heavy atom. The van der Waals surface area contributed by atoms with Gasteiger partial charge in [-0.3, -0.25) is 9.69 Å². The maximum Gasteiger partial charge on any atom is 0.251 e. The molecule has 1 fully saturated rings. The first kappa shape index (κ1) is 26.4. The second-order valence-corrected chi connectivity index (χ2v) is 10.3. The van der Waals surface area contributed by atoms with Crippen LogP contribution in [0, 0.1) is 11.3 Å². The molecule has 3 aromatic heterocycles. The van der Waals surface area contributed by atoms with Crippen molar-refractivity contribution >= 4 is 16.9 Å². The van der Waals surface area contributed by atoms with E-state index in [0.717, 1.165) is 65.9 Å². The smallest absolute Gasteiger partial charge is 0.251 e. The Bertz CT molecular complexity index is 1770. The van der Waals surface area contributed by atoms with Crippen molar-refractivity contribution in [2.75, 3.05) is 18.4 Å². The molecule has 0 saturated carbocycles. The topological polar surface area (TPSA) is 99.7 Å². The van der Waals surface area contributed by atoms with Gasteiger partial charge in [0.05, 0.1) is 16.7 Å². The van der Waals surface area contributed by atoms with Gasteiger partial charge in [0.15, 0.2) is 0 Å². The van der Waals surface area contributed by atoms with Gasteiger partial charge in [0.1, 0.15) is 11.9 Å². The van der Waals surface area contributed by atoms with Crippen molar-refractivity contribution in [1.82, 2.24) is 24.4 Å². The third kappa shape index (κ3) is 5.72. The Kier molecular flexibility index (Phi) is 7.52. The van der Waals surface area contributed by atoms with E-state index in [0.29, 0.717) is 18.4 Å². The number of aryl methyl sites for hydroxylation is 1. The molecule has 2 aromatic carbocycles. The number of fused-ring (bicyclic) bond motifs is 1. The number of hydrogen-bond acceptors (Lipinski definition) is 7. The number of aromatic nitrogens is 4. The van der Waals surface area contributed by atoms with Crippen molar-refractivity contribution in [2.24, 2.45) is 0 Å². The molecule has 5 aromatic rings. The number of anilines is 1. The summed E-state index contributed by atoms with van der Waals surface area (Å²) < 4.78 is 1.78. The number of rotatable bonds is 7. The van der Waals surface area contributed by atoms with Gasteiger partial charge in [-0.05, 0) is 49.1 Å². The van der Waals surface area contributed by atoms with Gasteiger partial charge in [-0.1, -0.05) is 54.6 Å². The van der Waals surface area contributed by atoms with Crippen LogP contribution in [0.4, 0.5) is 5.82 Å². The van der Waals surface area contributed by atoms with Gasteiger partial charge >= 0.3 is 0 Å². The maximum absolute atomic E-state index is 12.5. The summed E-state index contributed by atoms with van der Waals surface area (Å²) in [4.78, 5) is 28.2. The molecule has 0 aliphatic carbocycles. The number of nitrogens with zero attached hydrogens (tertiary/aromatic N) is 6. The third-order valence-electron chi connectivity index (χ3n) is 7.70. The molecule has 8 nitrogen and oxygen atoms in total. The minimum atomic E-state index is -0.0140. The molecule has 1 aliphatic heterocycles. The molecule has 0 unspecified atom stereocenters. The normalized spacial score (nSPS) is 14.1. The summed E-state index contributed by atoms with van der Waals surface area (Å²) in [6.45, 7) is 5.44. The Morgan fingerprint density at radius 1 is 0.951 bits per heavy atom. The van der Waals surface area contributed by atoms with E-state index in [9.17, 15) is 4.79 Å². The van der Waals surface area contributed by atoms with E-state index >= 15 is 0 Å². The molecule has 6 rings (SSSR count). The molecule has 41 heavy (non-hydrogen) atoms. The molecule has 4 heterocycles. The Hall–Kier alpha value is -4.87. The third-order valence-corrected chi connectivity index (χ3v) is 7.70. The van der Waals surface area contributed by atoms with Gasteiger partial charge in [0, 0.05) is 55.6 Å². The molecule has 1 aliphatic rings. The molecular weight excluding hydrogens is 510 g/mol. The lowest BCUT2D eigenvalue weighted by molar-refractivity contribution is 0.211. The summed E-state index contributed by atoms with van der Waals surface area (Å²) in [6.07, 6.45) is 3.63. The second kappa shape index (κ2) is 11.7. The molecule has 0 spiro atoms. The average Bonchev–Trinajstić information content (AvgIpc) is 3.02. The zero-order chi connectivity index (χ0) is 28.2. The van der Waals surface area contributed by atoms with Gasteiger partial charge in [-0.15, -0.1) is 0 Å². The summed E-state index contributed by atoms with van der Waals surface area (Å²) in [5.41, 5.74) is 6.95. The van der Waals surface area contributed by atoms with Crippen LogP contribution in [0.5, 0.6) is 0 Å². The fourth-order valence-corrected chi connectivity index (χ4v) is 5.56. The van der Waals surface area contributed by atoms with Crippen LogP contribution >= 0.6 is 0 Å². The fraction of sp³-hybridized carbons (Fsp3) is 0.242. The van der Waals surface area contributed by atoms with Crippen LogP contribution in [-0.2, 0) is 13.1 Å². The lowest BCUT2D eigenvalue weighted by Gasteiger charge is -2.32. The monoisotopic (exact) mass is 541 g/mol. The van der Waals surface area contributed by atoms with E-state index in [4.69, 9.17) is 10.2 Å². The molecule has 0 amide bonds. The van der Waals surface area contributed by atoms with E-state index in [2.05, 4.69) is 62.6 Å². The number of likely N-dealkylation sites (tertiary alicyclic amines) is 1. The van der Waals surface area contributed by atoms with Crippen LogP contribution in [0.3, 0.4) is 0 Å². The highest BCUT2D eigenvalue weighted by Crippen LogP contribution is 2.33. The number of nitrogens with one attached hydrogen (secondary N) is 1. The molecular formula is C33H31N7O. The van der Waals surface area contributed by atoms with Gasteiger partial charge in [-0.2, -0.15) is 5.26 Å². The van der Waals surface area contributed by atoms with Crippen LogP contribution in [0.2, 0.25) is 0 Å². The number of hydrogen-bond donors (Lipinski definition) is 1. The van der Waals surface area contributed by atoms with E-state index in [1.54, 1.807) is 16.8 Å². The molecule has 0 atom stereocenters. The molecule has 1 saturated heterocycles. The Balaban J connectivity index is 1.19. The zero-order valence-corrected chi connectivity index (χ0v) is 23.0. The van der Waals surface area contributed by atoms with E-state index in [1.165, 1.54) is 5.56 Å². The van der Waals surface area contributed by atoms with Crippen LogP contribution in [0.15, 0.2) is 89.9 Å². The highest BCUT2D eigenvalue weighted by molar-refractivity contribution is 5.90. The Labute approximate surface area is 239 Å². The average molecular weight is 542 g/mol. The largest absolute Gasteiger partial charge is 0.367 e. The predicted molar refractivity (Wildman–Crippen MR) is 161 cm³/mol. The molecule has 0 radical (unpaired) electrons. The van der Waals surface area contributed by atoms with Crippen LogP contribution in [0.1, 0.15) is 31.2 Å². The quantitative estimate of drug-likeness (QED) is 0.291. The van der Waals surface area contributed by atoms with Crippen molar-refractivity contribution in [1.29, 1.82) is 5.26 Å². The van der Waals surface area contributed by atoms with Crippen LogP contribution < -0.4 is 10.9 Å². The van der Waals surface area contributed by atoms with E-state index in [1.807, 2.05) is 43.3 Å². The molecule has 8 heteroatoms. The van der Waals surface area contributed by atoms with Crippen molar-refractivity contribution in [3.63, 3.8) is 0 Å². The van der Waals surface area contributed by atoms with Crippen molar-refractivity contribution in [3.05, 3.63) is 107 Å². The van der Waals surface area contributed by atoms with Gasteiger partial charge < -0.3 is 9.88 Å². The summed E-state index contributed by atoms with van der Waals surface area (Å²) in [6, 6.07) is 28.6. The lowest BCUT2D eigenvalue weighted by Crippen LogP contribution is -2.38. The first-order valence-electron chi connectivity index (χ1n) is 14.0. The van der Waals surface area contributed by atoms with Gasteiger partial charge in [0.25, 0.3) is 5.56 Å². The SMILES string of the molecule is CCn1c(=O)ccc2nc(-c3ccc(CN4CCC(Nc5ccnc(C#N)n5)CC4)cc3)c(-c3ccccc3)cc21. The standard InChI is InChI=1S/C33H31N7O/c1-2-40-29-20-27(24-6-4-3-5-7-24)33(37-28(29)12-13-32(40)41)25-10-8-23(9-11-25)22-39-18-15-26(16-19-39)36-30-14-17-35-31(21-34)38-30/h3-14,17,20,26H,2,15-16,18-19,22H2,1H3,(H,35,36,38). The summed E-state index contributed by atoms with van der Waals surface area (Å²) in [7, 11) is 0. The van der Waals surface area contributed by atoms with Crippen LogP contribution in [0.25, 0.3) is 33.4 Å². The number of benzene rings is 2. The maximum atomic E-state index is 12.5. The zero-order valence-electron chi connectivity index (χ0n) is 23.0. The van der Waals surface area contributed by atoms with E-state index in [-0.39, 0.29) is 11.4 Å².